The monoisotopic (exact) mass is 768 g/mol. The van der Waals surface area contributed by atoms with Crippen LogP contribution in [0.1, 0.15) is 80.9 Å². The summed E-state index contributed by atoms with van der Waals surface area (Å²) in [6.07, 6.45) is 0.624. The Kier molecular flexibility index (Phi) is 8.23. The molecule has 8 atom stereocenters. The molecule has 4 aromatic rings. The van der Waals surface area contributed by atoms with E-state index in [0.29, 0.717) is 37.3 Å². The van der Waals surface area contributed by atoms with E-state index in [9.17, 15) is 20.1 Å². The summed E-state index contributed by atoms with van der Waals surface area (Å²) in [5, 5.41) is 39.9. The number of para-hydroxylation sites is 1. The number of aromatic nitrogens is 1. The fraction of sp³-hybridized carbons (Fsp3) is 0.500. The first-order chi connectivity index (χ1) is 26.6. The number of phenolic OH excluding ortho intramolecular Hbond substituents is 1. The van der Waals surface area contributed by atoms with E-state index in [1.54, 1.807) is 18.9 Å². The minimum absolute atomic E-state index is 0.0846. The number of nitrogens with zero attached hydrogens (tertiary/aromatic N) is 2. The Labute approximate surface area is 324 Å². The number of hydrogen-bond acceptors (Lipinski definition) is 12. The summed E-state index contributed by atoms with van der Waals surface area (Å²) >= 11 is 1.66. The fourth-order valence-electron chi connectivity index (χ4n) is 11.1. The molecule has 0 saturated carbocycles. The van der Waals surface area contributed by atoms with Crippen LogP contribution in [0.25, 0.3) is 10.9 Å². The van der Waals surface area contributed by atoms with Gasteiger partial charge in [-0.15, -0.1) is 11.8 Å². The van der Waals surface area contributed by atoms with E-state index >= 15 is 0 Å². The normalized spacial score (nSPS) is 31.0. The summed E-state index contributed by atoms with van der Waals surface area (Å²) in [5.74, 6) is 1.88. The molecule has 55 heavy (non-hydrogen) atoms. The summed E-state index contributed by atoms with van der Waals surface area (Å²) in [7, 11) is 1.59. The Hall–Kier alpha value is -3.98. The van der Waals surface area contributed by atoms with E-state index in [1.165, 1.54) is 0 Å². The maximum atomic E-state index is 14.8. The molecule has 8 heterocycles. The minimum atomic E-state index is -1.31. The quantitative estimate of drug-likeness (QED) is 0.184. The Morgan fingerprint density at radius 1 is 1.05 bits per heavy atom. The zero-order valence-electron chi connectivity index (χ0n) is 31.8. The number of ether oxygens (including phenoxy) is 4. The number of nitrogens with one attached hydrogen (secondary N) is 2. The number of carbonyl (C=O) groups is 1. The number of piperazine rings is 1. The van der Waals surface area contributed by atoms with Gasteiger partial charge < -0.3 is 39.3 Å². The molecule has 0 aliphatic carbocycles. The number of carbonyl (C=O) groups excluding carboxylic acids is 1. The topological polar surface area (TPSA) is 149 Å². The highest BCUT2D eigenvalue weighted by Crippen LogP contribution is 2.63. The summed E-state index contributed by atoms with van der Waals surface area (Å²) in [5.41, 5.74) is 8.24. The lowest BCUT2D eigenvalue weighted by atomic mass is 9.71. The van der Waals surface area contributed by atoms with Crippen molar-refractivity contribution in [2.45, 2.75) is 94.2 Å². The number of rotatable bonds is 3. The third-order valence-electron chi connectivity index (χ3n) is 13.5. The fourth-order valence-corrected chi connectivity index (χ4v) is 12.9. The first kappa shape index (κ1) is 35.4. The van der Waals surface area contributed by atoms with E-state index in [1.807, 2.05) is 25.1 Å². The van der Waals surface area contributed by atoms with E-state index < -0.39 is 23.8 Å². The van der Waals surface area contributed by atoms with Crippen molar-refractivity contribution in [3.8, 4) is 23.0 Å². The second-order valence-corrected chi connectivity index (χ2v) is 17.1. The first-order valence-electron chi connectivity index (χ1n) is 19.4. The highest BCUT2D eigenvalue weighted by Gasteiger charge is 2.61. The van der Waals surface area contributed by atoms with Crippen LogP contribution in [0.15, 0.2) is 30.3 Å². The molecule has 12 nitrogen and oxygen atoms in total. The zero-order chi connectivity index (χ0) is 38.1. The van der Waals surface area contributed by atoms with Crippen LogP contribution in [-0.4, -0.2) is 99.8 Å². The lowest BCUT2D eigenvalue weighted by Gasteiger charge is -2.62. The van der Waals surface area contributed by atoms with Gasteiger partial charge in [-0.1, -0.05) is 31.2 Å². The molecule has 4 bridgehead atoms. The van der Waals surface area contributed by atoms with Crippen molar-refractivity contribution in [3.05, 3.63) is 80.5 Å². The number of likely N-dealkylation sites (N-methyl/N-ethyl adjacent to an activating group) is 1. The van der Waals surface area contributed by atoms with Crippen LogP contribution in [0.4, 0.5) is 0 Å². The number of fused-ring (bicyclic) bond motifs is 12. The summed E-state index contributed by atoms with van der Waals surface area (Å²) < 4.78 is 24.6. The molecule has 1 spiro atoms. The number of aromatic amines is 1. The van der Waals surface area contributed by atoms with Crippen molar-refractivity contribution in [2.75, 3.05) is 39.4 Å². The molecule has 2 fully saturated rings. The number of methoxy groups -OCH3 is 1. The van der Waals surface area contributed by atoms with Crippen molar-refractivity contribution in [2.24, 2.45) is 0 Å². The second-order valence-electron chi connectivity index (χ2n) is 16.0. The lowest BCUT2D eigenvalue weighted by Crippen LogP contribution is -2.70. The van der Waals surface area contributed by atoms with Crippen molar-refractivity contribution >= 4 is 28.6 Å². The average Bonchev–Trinajstić information content (AvgIpc) is 3.82. The van der Waals surface area contributed by atoms with Gasteiger partial charge in [0.2, 0.25) is 6.79 Å². The van der Waals surface area contributed by atoms with Gasteiger partial charge >= 0.3 is 5.97 Å². The third-order valence-corrected chi connectivity index (χ3v) is 15.0. The van der Waals surface area contributed by atoms with Gasteiger partial charge in [-0.25, -0.2) is 4.79 Å². The van der Waals surface area contributed by atoms with Gasteiger partial charge in [0.1, 0.15) is 6.23 Å². The minimum Gasteiger partial charge on any atom is -0.504 e. The van der Waals surface area contributed by atoms with Crippen LogP contribution in [0.3, 0.4) is 0 Å². The predicted octanol–water partition coefficient (Wildman–Crippen LogP) is 4.70. The number of benzene rings is 3. The van der Waals surface area contributed by atoms with Gasteiger partial charge in [0, 0.05) is 57.6 Å². The van der Waals surface area contributed by atoms with Gasteiger partial charge in [0.15, 0.2) is 28.5 Å². The van der Waals surface area contributed by atoms with E-state index in [0.717, 1.165) is 66.9 Å². The Balaban J connectivity index is 1.23. The molecule has 11 rings (SSSR count). The van der Waals surface area contributed by atoms with Crippen LogP contribution in [0, 0.1) is 20.8 Å². The summed E-state index contributed by atoms with van der Waals surface area (Å²) in [6.45, 7) is 8.98. The van der Waals surface area contributed by atoms with Crippen LogP contribution < -0.4 is 19.5 Å². The molecule has 0 unspecified atom stereocenters. The number of phenols is 1. The van der Waals surface area contributed by atoms with Gasteiger partial charge in [-0.05, 0) is 79.6 Å². The van der Waals surface area contributed by atoms with Crippen LogP contribution in [-0.2, 0) is 27.9 Å². The maximum absolute atomic E-state index is 14.8. The number of thioether (sulfide) groups is 1. The standard InChI is InChI=1S/C42H48N4O8S/c1-6-45-28-14-22-13-19(2)35(51-5)34(48)30(22)32(45)33-38-29-20(3)21(4)36-37(54-18-53-36)31(29)27(46(33)40(28)49)11-12-52-41(50)42(17-55-38)39-25(15-23(16-47)44-42)24-9-7-8-10-26(24)43-39/h7-10,13,23,27-28,32-33,38,40,43-44,47-49H,6,11-12,14-18H2,1-5H3/t23-,27-,28-,32+,33+,38+,40-,42+/m0/s1. The highest BCUT2D eigenvalue weighted by atomic mass is 32.2. The predicted molar refractivity (Wildman–Crippen MR) is 207 cm³/mol. The molecule has 290 valence electrons. The molecule has 13 heteroatoms. The van der Waals surface area contributed by atoms with Gasteiger partial charge in [-0.2, -0.15) is 0 Å². The van der Waals surface area contributed by atoms with Crippen molar-refractivity contribution < 1.29 is 39.1 Å². The van der Waals surface area contributed by atoms with E-state index in [-0.39, 0.29) is 60.9 Å². The Morgan fingerprint density at radius 2 is 1.85 bits per heavy atom. The SMILES string of the molecule is CCN1[C@@H]2c3c(cc(C)c(OC)c3O)C[C@H]1[C@H](O)N1[C@H]2[C@@H]2SC[C@]3(N[C@H](CO)Cc4c3[nH]c3ccccc43)C(=O)OCC[C@H]1c1c3c(c(C)c(C)c12)OCO3. The molecule has 7 aliphatic heterocycles. The molecular weight excluding hydrogens is 721 g/mol. The number of aliphatic hydroxyl groups is 2. The van der Waals surface area contributed by atoms with Gasteiger partial charge in [-0.3, -0.25) is 15.1 Å². The lowest BCUT2D eigenvalue weighted by molar-refractivity contribution is -0.181. The molecule has 0 amide bonds. The maximum Gasteiger partial charge on any atom is 0.333 e. The smallest absolute Gasteiger partial charge is 0.333 e. The first-order valence-corrected chi connectivity index (χ1v) is 20.5. The highest BCUT2D eigenvalue weighted by molar-refractivity contribution is 7.99. The number of H-pyrrole nitrogens is 1. The third kappa shape index (κ3) is 4.74. The summed E-state index contributed by atoms with van der Waals surface area (Å²) in [4.78, 5) is 23.1. The molecule has 0 radical (unpaired) electrons. The number of aliphatic hydroxyl groups excluding tert-OH is 2. The summed E-state index contributed by atoms with van der Waals surface area (Å²) in [6, 6.07) is 8.47. The number of hydrogen-bond donors (Lipinski definition) is 5. The van der Waals surface area contributed by atoms with Crippen molar-refractivity contribution in [1.82, 2.24) is 20.1 Å². The second kappa shape index (κ2) is 12.8. The molecule has 5 N–H and O–H groups in total. The largest absolute Gasteiger partial charge is 0.504 e. The Morgan fingerprint density at radius 3 is 2.64 bits per heavy atom. The average molecular weight is 769 g/mol. The van der Waals surface area contributed by atoms with E-state index in [4.69, 9.17) is 18.9 Å². The zero-order valence-corrected chi connectivity index (χ0v) is 32.6. The molecular formula is C42H48N4O8S. The Bertz CT molecular complexity index is 2260. The number of aryl methyl sites for hydroxylation is 1. The molecule has 2 saturated heterocycles. The van der Waals surface area contributed by atoms with E-state index in [2.05, 4.69) is 53.0 Å². The number of aromatic hydroxyl groups is 1. The van der Waals surface area contributed by atoms with Crippen molar-refractivity contribution in [3.63, 3.8) is 0 Å². The molecule has 7 aliphatic rings. The molecule has 1 aromatic heterocycles. The van der Waals surface area contributed by atoms with Crippen LogP contribution in [0.2, 0.25) is 0 Å². The number of esters is 1. The van der Waals surface area contributed by atoms with Gasteiger partial charge in [0.25, 0.3) is 0 Å². The van der Waals surface area contributed by atoms with Gasteiger partial charge in [0.05, 0.1) is 38.1 Å². The van der Waals surface area contributed by atoms with Crippen molar-refractivity contribution in [1.29, 1.82) is 0 Å². The molecule has 3 aromatic carbocycles. The van der Waals surface area contributed by atoms with Crippen LogP contribution in [0.5, 0.6) is 23.0 Å². The van der Waals surface area contributed by atoms with Crippen LogP contribution >= 0.6 is 11.8 Å².